The third-order valence-electron chi connectivity index (χ3n) is 2.93. The van der Waals surface area contributed by atoms with Gasteiger partial charge in [0.2, 0.25) is 0 Å². The van der Waals surface area contributed by atoms with E-state index in [0.717, 1.165) is 12.8 Å². The van der Waals surface area contributed by atoms with Gasteiger partial charge in [-0.2, -0.15) is 0 Å². The van der Waals surface area contributed by atoms with Gasteiger partial charge < -0.3 is 14.6 Å². The van der Waals surface area contributed by atoms with E-state index in [1.807, 2.05) is 0 Å². The fourth-order valence-corrected chi connectivity index (χ4v) is 2.28. The second kappa shape index (κ2) is 3.27. The van der Waals surface area contributed by atoms with Gasteiger partial charge in [-0.1, -0.05) is 0 Å². The maximum atomic E-state index is 11.3. The molecule has 0 amide bonds. The molecule has 0 spiro atoms. The van der Waals surface area contributed by atoms with Gasteiger partial charge >= 0.3 is 5.97 Å². The molecule has 0 aromatic carbocycles. The van der Waals surface area contributed by atoms with Gasteiger partial charge in [-0.15, -0.1) is 0 Å². The molecule has 2 unspecified atom stereocenters. The van der Waals surface area contributed by atoms with Gasteiger partial charge in [0.1, 0.15) is 5.92 Å². The molecule has 2 aliphatic rings. The number of rotatable bonds is 1. The van der Waals surface area contributed by atoms with Crippen LogP contribution in [0.25, 0.3) is 0 Å². The van der Waals surface area contributed by atoms with Crippen LogP contribution >= 0.6 is 0 Å². The van der Waals surface area contributed by atoms with Crippen LogP contribution in [0.5, 0.6) is 0 Å². The Balaban J connectivity index is 2.11. The van der Waals surface area contributed by atoms with Crippen molar-refractivity contribution >= 4 is 5.97 Å². The van der Waals surface area contributed by atoms with Crippen LogP contribution in [0.4, 0.5) is 0 Å². The number of ether oxygens (including phenoxy) is 2. The molecule has 4 atom stereocenters. The number of hydrogen-bond acceptors (Lipinski definition) is 4. The van der Waals surface area contributed by atoms with Crippen molar-refractivity contribution in [2.45, 2.75) is 37.6 Å². The second-order valence-electron chi connectivity index (χ2n) is 3.73. The van der Waals surface area contributed by atoms with E-state index in [-0.39, 0.29) is 18.2 Å². The van der Waals surface area contributed by atoms with Crippen molar-refractivity contribution in [1.82, 2.24) is 0 Å². The van der Waals surface area contributed by atoms with Crippen molar-refractivity contribution in [3.63, 3.8) is 0 Å². The lowest BCUT2D eigenvalue weighted by molar-refractivity contribution is -0.166. The molecule has 0 aromatic heterocycles. The molecule has 0 saturated carbocycles. The molecule has 0 aromatic rings. The van der Waals surface area contributed by atoms with E-state index < -0.39 is 12.0 Å². The summed E-state index contributed by atoms with van der Waals surface area (Å²) in [5.74, 6) is -0.818. The zero-order valence-corrected chi connectivity index (χ0v) is 7.60. The molecule has 2 rings (SSSR count). The Kier molecular flexibility index (Phi) is 2.26. The Morgan fingerprint density at radius 1 is 1.54 bits per heavy atom. The first-order chi connectivity index (χ1) is 6.22. The maximum Gasteiger partial charge on any atom is 0.313 e. The summed E-state index contributed by atoms with van der Waals surface area (Å²) in [5, 5.41) is 9.67. The highest BCUT2D eigenvalue weighted by Gasteiger charge is 2.46. The molecule has 2 saturated heterocycles. The van der Waals surface area contributed by atoms with Crippen molar-refractivity contribution in [2.75, 3.05) is 7.11 Å². The van der Waals surface area contributed by atoms with Crippen LogP contribution in [0.1, 0.15) is 19.3 Å². The van der Waals surface area contributed by atoms with Crippen molar-refractivity contribution in [1.29, 1.82) is 0 Å². The second-order valence-corrected chi connectivity index (χ2v) is 3.73. The monoisotopic (exact) mass is 186 g/mol. The first kappa shape index (κ1) is 8.97. The van der Waals surface area contributed by atoms with E-state index in [1.165, 1.54) is 7.11 Å². The average molecular weight is 186 g/mol. The highest BCUT2D eigenvalue weighted by Crippen LogP contribution is 2.37. The molecule has 2 aliphatic heterocycles. The largest absolute Gasteiger partial charge is 0.469 e. The summed E-state index contributed by atoms with van der Waals surface area (Å²) in [6, 6.07) is 0. The molecule has 2 bridgehead atoms. The number of carbonyl (C=O) groups excluding carboxylic acids is 1. The number of esters is 1. The third-order valence-corrected chi connectivity index (χ3v) is 2.93. The summed E-state index contributed by atoms with van der Waals surface area (Å²) >= 11 is 0. The summed E-state index contributed by atoms with van der Waals surface area (Å²) in [7, 11) is 1.34. The lowest BCUT2D eigenvalue weighted by Crippen LogP contribution is -2.43. The third kappa shape index (κ3) is 1.44. The minimum absolute atomic E-state index is 0.124. The Bertz CT molecular complexity index is 216. The summed E-state index contributed by atoms with van der Waals surface area (Å²) < 4.78 is 10.2. The Labute approximate surface area is 76.8 Å². The number of aliphatic hydroxyl groups is 1. The van der Waals surface area contributed by atoms with E-state index in [1.54, 1.807) is 0 Å². The lowest BCUT2D eigenvalue weighted by Gasteiger charge is -2.31. The number of methoxy groups -OCH3 is 1. The van der Waals surface area contributed by atoms with E-state index in [2.05, 4.69) is 4.74 Å². The molecular weight excluding hydrogens is 172 g/mol. The topological polar surface area (TPSA) is 55.8 Å². The summed E-state index contributed by atoms with van der Waals surface area (Å²) in [5.41, 5.74) is 0. The zero-order valence-electron chi connectivity index (χ0n) is 7.60. The lowest BCUT2D eigenvalue weighted by atomic mass is 9.92. The van der Waals surface area contributed by atoms with Crippen molar-refractivity contribution in [2.24, 2.45) is 5.92 Å². The summed E-state index contributed by atoms with van der Waals surface area (Å²) in [6.45, 7) is 0. The van der Waals surface area contributed by atoms with Crippen LogP contribution in [0.3, 0.4) is 0 Å². The van der Waals surface area contributed by atoms with Crippen LogP contribution in [0.15, 0.2) is 0 Å². The fraction of sp³-hybridized carbons (Fsp3) is 0.889. The number of fused-ring (bicyclic) bond motifs is 2. The maximum absolute atomic E-state index is 11.3. The predicted molar refractivity (Wildman–Crippen MR) is 44.0 cm³/mol. The van der Waals surface area contributed by atoms with Crippen LogP contribution in [-0.4, -0.2) is 36.5 Å². The van der Waals surface area contributed by atoms with Gasteiger partial charge in [0.05, 0.1) is 25.4 Å². The number of hydrogen-bond donors (Lipinski definition) is 1. The first-order valence-electron chi connectivity index (χ1n) is 4.63. The van der Waals surface area contributed by atoms with Gasteiger partial charge in [-0.05, 0) is 12.8 Å². The molecule has 1 N–H and O–H groups in total. The molecule has 2 fully saturated rings. The van der Waals surface area contributed by atoms with Crippen molar-refractivity contribution in [3.8, 4) is 0 Å². The fourth-order valence-electron chi connectivity index (χ4n) is 2.28. The Morgan fingerprint density at radius 2 is 2.31 bits per heavy atom. The van der Waals surface area contributed by atoms with E-state index in [0.29, 0.717) is 6.42 Å². The molecular formula is C9H14O4. The van der Waals surface area contributed by atoms with Crippen LogP contribution in [-0.2, 0) is 14.3 Å². The van der Waals surface area contributed by atoms with Gasteiger partial charge in [-0.3, -0.25) is 4.79 Å². The standard InChI is InChI=1S/C9H14O4/c1-12-9(11)8-6(10)4-5-2-3-7(8)13-5/h5-8,10H,2-4H2,1H3/t5?,6-,7?,8+/m1/s1. The van der Waals surface area contributed by atoms with Crippen LogP contribution < -0.4 is 0 Å². The highest BCUT2D eigenvalue weighted by molar-refractivity contribution is 5.74. The van der Waals surface area contributed by atoms with Crippen molar-refractivity contribution in [3.05, 3.63) is 0 Å². The predicted octanol–water partition coefficient (Wildman–Crippen LogP) is 0.0878. The normalized spacial score (nSPS) is 43.2. The number of carbonyl (C=O) groups is 1. The quantitative estimate of drug-likeness (QED) is 0.589. The SMILES string of the molecule is COC(=O)[C@@H]1C2CCC(C[C@H]1O)O2. The molecule has 0 radical (unpaired) electrons. The molecule has 74 valence electrons. The molecule has 4 nitrogen and oxygen atoms in total. The highest BCUT2D eigenvalue weighted by atomic mass is 16.5. The Morgan fingerprint density at radius 3 is 3.00 bits per heavy atom. The summed E-state index contributed by atoms with van der Waals surface area (Å²) in [4.78, 5) is 11.3. The zero-order chi connectivity index (χ0) is 9.42. The van der Waals surface area contributed by atoms with E-state index >= 15 is 0 Å². The Hall–Kier alpha value is -0.610. The van der Waals surface area contributed by atoms with Gasteiger partial charge in [-0.25, -0.2) is 0 Å². The number of aliphatic hydroxyl groups excluding tert-OH is 1. The average Bonchev–Trinajstić information content (AvgIpc) is 2.48. The van der Waals surface area contributed by atoms with Gasteiger partial charge in [0.15, 0.2) is 0 Å². The van der Waals surface area contributed by atoms with Crippen molar-refractivity contribution < 1.29 is 19.4 Å². The van der Waals surface area contributed by atoms with E-state index in [9.17, 15) is 9.90 Å². The van der Waals surface area contributed by atoms with E-state index in [4.69, 9.17) is 4.74 Å². The smallest absolute Gasteiger partial charge is 0.313 e. The molecule has 13 heavy (non-hydrogen) atoms. The molecule has 4 heteroatoms. The minimum atomic E-state index is -0.585. The van der Waals surface area contributed by atoms with Gasteiger partial charge in [0, 0.05) is 6.42 Å². The van der Waals surface area contributed by atoms with Gasteiger partial charge in [0.25, 0.3) is 0 Å². The minimum Gasteiger partial charge on any atom is -0.469 e. The van der Waals surface area contributed by atoms with Crippen LogP contribution in [0.2, 0.25) is 0 Å². The molecule has 2 heterocycles. The summed E-state index contributed by atoms with van der Waals surface area (Å²) in [6.07, 6.45) is 1.83. The van der Waals surface area contributed by atoms with Crippen LogP contribution in [0, 0.1) is 5.92 Å². The first-order valence-corrected chi connectivity index (χ1v) is 4.63. The molecule has 0 aliphatic carbocycles.